The van der Waals surface area contributed by atoms with Crippen LogP contribution in [0.1, 0.15) is 5.56 Å². The van der Waals surface area contributed by atoms with Crippen LogP contribution in [0.4, 0.5) is 0 Å². The fourth-order valence-corrected chi connectivity index (χ4v) is 2.35. The molecule has 0 aliphatic carbocycles. The van der Waals surface area contributed by atoms with Crippen LogP contribution in [0.5, 0.6) is 0 Å². The first-order valence-corrected chi connectivity index (χ1v) is 6.63. The number of thioether (sulfide) groups is 1. The summed E-state index contributed by atoms with van der Waals surface area (Å²) in [6, 6.07) is 17.2. The Kier molecular flexibility index (Phi) is 4.62. The van der Waals surface area contributed by atoms with Crippen molar-refractivity contribution in [2.24, 2.45) is 0 Å². The zero-order valence-electron chi connectivity index (χ0n) is 9.55. The zero-order chi connectivity index (χ0) is 12.8. The topological polar surface area (TPSA) is 17.1 Å². The predicted octanol–water partition coefficient (Wildman–Crippen LogP) is 4.67. The van der Waals surface area contributed by atoms with Crippen LogP contribution >= 0.6 is 23.4 Å². The summed E-state index contributed by atoms with van der Waals surface area (Å²) in [4.78, 5) is 12.7. The number of hydrogen-bond acceptors (Lipinski definition) is 2. The predicted molar refractivity (Wildman–Crippen MR) is 77.8 cm³/mol. The van der Waals surface area contributed by atoms with Gasteiger partial charge in [-0.25, -0.2) is 0 Å². The minimum Gasteiger partial charge on any atom is -0.297 e. The highest BCUT2D eigenvalue weighted by Gasteiger charge is 2.00. The van der Waals surface area contributed by atoms with Crippen LogP contribution in [0.3, 0.4) is 0 Å². The molecule has 0 spiro atoms. The van der Waals surface area contributed by atoms with Crippen molar-refractivity contribution in [2.75, 3.05) is 0 Å². The molecule has 0 saturated carbocycles. The number of rotatable bonds is 4. The lowest BCUT2D eigenvalue weighted by molar-refractivity contribution is -0.104. The first-order chi connectivity index (χ1) is 8.78. The SMILES string of the molecule is O=C/C(=C\c1ccccc1)Sc1ccc(Cl)cc1. The van der Waals surface area contributed by atoms with Crippen molar-refractivity contribution in [3.63, 3.8) is 0 Å². The molecule has 0 aliphatic rings. The molecule has 0 amide bonds. The molecule has 0 fully saturated rings. The molecule has 0 heterocycles. The number of aldehydes is 1. The summed E-state index contributed by atoms with van der Waals surface area (Å²) >= 11 is 7.25. The van der Waals surface area contributed by atoms with Crippen molar-refractivity contribution in [3.8, 4) is 0 Å². The summed E-state index contributed by atoms with van der Waals surface area (Å²) in [5.74, 6) is 0. The van der Waals surface area contributed by atoms with E-state index in [4.69, 9.17) is 11.6 Å². The first-order valence-electron chi connectivity index (χ1n) is 5.43. The summed E-state index contributed by atoms with van der Waals surface area (Å²) in [5, 5.41) is 0.694. The molecule has 0 radical (unpaired) electrons. The molecule has 0 aromatic heterocycles. The molecule has 0 saturated heterocycles. The fraction of sp³-hybridized carbons (Fsp3) is 0. The number of allylic oxidation sites excluding steroid dienone is 1. The van der Waals surface area contributed by atoms with Crippen molar-refractivity contribution >= 4 is 35.7 Å². The van der Waals surface area contributed by atoms with Gasteiger partial charge >= 0.3 is 0 Å². The van der Waals surface area contributed by atoms with Gasteiger partial charge in [0.15, 0.2) is 6.29 Å². The van der Waals surface area contributed by atoms with Crippen molar-refractivity contribution in [3.05, 3.63) is 70.1 Å². The lowest BCUT2D eigenvalue weighted by Crippen LogP contribution is -1.80. The third-order valence-corrected chi connectivity index (χ3v) is 3.48. The van der Waals surface area contributed by atoms with Gasteiger partial charge in [0.1, 0.15) is 0 Å². The van der Waals surface area contributed by atoms with Gasteiger partial charge in [-0.05, 0) is 35.9 Å². The standard InChI is InChI=1S/C15H11ClOS/c16-13-6-8-14(9-7-13)18-15(11-17)10-12-4-2-1-3-5-12/h1-11H/b15-10+. The van der Waals surface area contributed by atoms with Crippen molar-refractivity contribution in [1.82, 2.24) is 0 Å². The van der Waals surface area contributed by atoms with E-state index < -0.39 is 0 Å². The molecule has 2 aromatic rings. The van der Waals surface area contributed by atoms with Crippen LogP contribution in [0.2, 0.25) is 5.02 Å². The highest BCUT2D eigenvalue weighted by Crippen LogP contribution is 2.27. The van der Waals surface area contributed by atoms with E-state index in [0.29, 0.717) is 9.93 Å². The maximum Gasteiger partial charge on any atom is 0.156 e. The molecule has 3 heteroatoms. The number of benzene rings is 2. The zero-order valence-corrected chi connectivity index (χ0v) is 11.1. The summed E-state index contributed by atoms with van der Waals surface area (Å²) < 4.78 is 0. The van der Waals surface area contributed by atoms with Crippen LogP contribution in [0, 0.1) is 0 Å². The van der Waals surface area contributed by atoms with Gasteiger partial charge in [-0.3, -0.25) is 4.79 Å². The summed E-state index contributed by atoms with van der Waals surface area (Å²) in [7, 11) is 0. The third-order valence-electron chi connectivity index (χ3n) is 2.27. The van der Waals surface area contributed by atoms with Gasteiger partial charge in [0.2, 0.25) is 0 Å². The molecule has 1 nitrogen and oxygen atoms in total. The molecular weight excluding hydrogens is 264 g/mol. The number of halogens is 1. The average Bonchev–Trinajstić information content (AvgIpc) is 2.41. The summed E-state index contributed by atoms with van der Waals surface area (Å²) in [6.45, 7) is 0. The Morgan fingerprint density at radius 1 is 1.00 bits per heavy atom. The molecule has 18 heavy (non-hydrogen) atoms. The fourth-order valence-electron chi connectivity index (χ4n) is 1.44. The maximum atomic E-state index is 11.1. The molecule has 2 rings (SSSR count). The van der Waals surface area contributed by atoms with E-state index in [1.54, 1.807) is 0 Å². The van der Waals surface area contributed by atoms with Crippen LogP contribution in [-0.2, 0) is 4.79 Å². The molecule has 90 valence electrons. The van der Waals surface area contributed by atoms with Crippen LogP contribution in [-0.4, -0.2) is 6.29 Å². The van der Waals surface area contributed by atoms with E-state index in [1.165, 1.54) is 11.8 Å². The minimum absolute atomic E-state index is 0.670. The van der Waals surface area contributed by atoms with E-state index >= 15 is 0 Å². The summed E-state index contributed by atoms with van der Waals surface area (Å²) in [6.07, 6.45) is 2.73. The monoisotopic (exact) mass is 274 g/mol. The largest absolute Gasteiger partial charge is 0.297 e. The van der Waals surface area contributed by atoms with Gasteiger partial charge < -0.3 is 0 Å². The van der Waals surface area contributed by atoms with E-state index in [2.05, 4.69) is 0 Å². The van der Waals surface area contributed by atoms with Gasteiger partial charge in [0.05, 0.1) is 4.91 Å². The lowest BCUT2D eigenvalue weighted by Gasteiger charge is -2.01. The normalized spacial score (nSPS) is 11.3. The smallest absolute Gasteiger partial charge is 0.156 e. The second kappa shape index (κ2) is 6.43. The number of carbonyl (C=O) groups is 1. The number of hydrogen-bond donors (Lipinski definition) is 0. The second-order valence-corrected chi connectivity index (χ2v) is 5.21. The molecule has 0 aliphatic heterocycles. The van der Waals surface area contributed by atoms with E-state index in [0.717, 1.165) is 16.7 Å². The van der Waals surface area contributed by atoms with Gasteiger partial charge in [-0.15, -0.1) is 0 Å². The van der Waals surface area contributed by atoms with E-state index in [9.17, 15) is 4.79 Å². The first kappa shape index (κ1) is 12.9. The highest BCUT2D eigenvalue weighted by atomic mass is 35.5. The van der Waals surface area contributed by atoms with Crippen molar-refractivity contribution < 1.29 is 4.79 Å². The molecular formula is C15H11ClOS. The quantitative estimate of drug-likeness (QED) is 0.458. The van der Waals surface area contributed by atoms with Gasteiger partial charge in [-0.1, -0.05) is 53.7 Å². The van der Waals surface area contributed by atoms with Crippen molar-refractivity contribution in [1.29, 1.82) is 0 Å². The molecule has 0 N–H and O–H groups in total. The van der Waals surface area contributed by atoms with Crippen molar-refractivity contribution in [2.45, 2.75) is 4.90 Å². The highest BCUT2D eigenvalue weighted by molar-refractivity contribution is 8.04. The maximum absolute atomic E-state index is 11.1. The molecule has 0 bridgehead atoms. The van der Waals surface area contributed by atoms with E-state index in [1.807, 2.05) is 60.7 Å². The third kappa shape index (κ3) is 3.76. The Morgan fingerprint density at radius 3 is 2.28 bits per heavy atom. The van der Waals surface area contributed by atoms with Gasteiger partial charge in [-0.2, -0.15) is 0 Å². The lowest BCUT2D eigenvalue weighted by atomic mass is 10.2. The van der Waals surface area contributed by atoms with E-state index in [-0.39, 0.29) is 0 Å². The molecule has 0 atom stereocenters. The minimum atomic E-state index is 0.670. The second-order valence-electron chi connectivity index (χ2n) is 3.63. The van der Waals surface area contributed by atoms with Gasteiger partial charge in [0, 0.05) is 9.92 Å². The summed E-state index contributed by atoms with van der Waals surface area (Å²) in [5.41, 5.74) is 1.01. The Bertz CT molecular complexity index is 546. The van der Waals surface area contributed by atoms with Gasteiger partial charge in [0.25, 0.3) is 0 Å². The molecule has 2 aromatic carbocycles. The Hall–Kier alpha value is -1.51. The Balaban J connectivity index is 2.17. The Labute approximate surface area is 115 Å². The van der Waals surface area contributed by atoms with Crippen LogP contribution in [0.15, 0.2) is 64.4 Å². The Morgan fingerprint density at radius 2 is 1.67 bits per heavy atom. The number of carbonyl (C=O) groups excluding carboxylic acids is 1. The molecule has 0 unspecified atom stereocenters. The average molecular weight is 275 g/mol. The van der Waals surface area contributed by atoms with Crippen LogP contribution in [0.25, 0.3) is 6.08 Å². The van der Waals surface area contributed by atoms with Crippen LogP contribution < -0.4 is 0 Å².